The van der Waals surface area contributed by atoms with E-state index in [0.29, 0.717) is 17.1 Å². The molecule has 0 radical (unpaired) electrons. The van der Waals surface area contributed by atoms with E-state index < -0.39 is 46.3 Å². The minimum atomic E-state index is -4.10. The average molecular weight is 565 g/mol. The molecule has 2 aromatic carbocycles. The maximum absolute atomic E-state index is 14.1. The van der Waals surface area contributed by atoms with Crippen molar-refractivity contribution in [1.29, 1.82) is 0 Å². The lowest BCUT2D eigenvalue weighted by molar-refractivity contribution is -0.161. The minimum Gasteiger partial charge on any atom is -0.493 e. The number of methoxy groups -OCH3 is 2. The predicted molar refractivity (Wildman–Crippen MR) is 131 cm³/mol. The number of sulfonamides is 1. The fourth-order valence-corrected chi connectivity index (χ4v) is 7.80. The van der Waals surface area contributed by atoms with E-state index in [9.17, 15) is 18.3 Å². The van der Waals surface area contributed by atoms with Crippen molar-refractivity contribution in [3.05, 3.63) is 51.0 Å². The van der Waals surface area contributed by atoms with Gasteiger partial charge in [0.05, 0.1) is 31.2 Å². The largest absolute Gasteiger partial charge is 0.493 e. The van der Waals surface area contributed by atoms with E-state index in [4.69, 9.17) is 14.2 Å². The Balaban J connectivity index is 1.82. The van der Waals surface area contributed by atoms with Gasteiger partial charge in [-0.1, -0.05) is 33.6 Å². The van der Waals surface area contributed by atoms with Gasteiger partial charge in [-0.05, 0) is 38.0 Å². The number of ether oxygens (including phenoxy) is 3. The second-order valence-electron chi connectivity index (χ2n) is 8.92. The van der Waals surface area contributed by atoms with Gasteiger partial charge < -0.3 is 19.3 Å². The van der Waals surface area contributed by atoms with Crippen LogP contribution in [0.4, 0.5) is 0 Å². The Hall–Kier alpha value is -2.47. The molecule has 0 spiro atoms. The molecular weight excluding hydrogens is 540 g/mol. The average Bonchev–Trinajstić information content (AvgIpc) is 2.84. The second-order valence-corrected chi connectivity index (χ2v) is 11.6. The number of hydrogen-bond acceptors (Lipinski definition) is 8. The predicted octanol–water partition coefficient (Wildman–Crippen LogP) is 2.48. The molecule has 3 aliphatic rings. The zero-order chi connectivity index (χ0) is 25.2. The van der Waals surface area contributed by atoms with Crippen LogP contribution in [0.15, 0.2) is 38.6 Å². The van der Waals surface area contributed by atoms with Crippen LogP contribution in [0.3, 0.4) is 0 Å². The maximum atomic E-state index is 14.1. The van der Waals surface area contributed by atoms with Crippen molar-refractivity contribution >= 4 is 38.1 Å². The zero-order valence-corrected chi connectivity index (χ0v) is 22.0. The number of fused-ring (bicyclic) bond motifs is 6. The fraction of sp³-hybridized carbons (Fsp3) is 0.417. The number of esters is 1. The van der Waals surface area contributed by atoms with Crippen LogP contribution >= 0.6 is 15.9 Å². The Labute approximate surface area is 211 Å². The first-order valence-electron chi connectivity index (χ1n) is 11.1. The lowest BCUT2D eigenvalue weighted by atomic mass is 9.75. The normalized spacial score (nSPS) is 27.6. The van der Waals surface area contributed by atoms with Crippen LogP contribution in [-0.2, 0) is 26.0 Å². The highest BCUT2D eigenvalue weighted by molar-refractivity contribution is 9.10. The molecule has 0 aliphatic carbocycles. The summed E-state index contributed by atoms with van der Waals surface area (Å²) in [5.41, 5.74) is 3.09. The number of aliphatic hydroxyl groups is 1. The molecule has 2 bridgehead atoms. The molecule has 1 fully saturated rings. The highest BCUT2D eigenvalue weighted by Crippen LogP contribution is 2.55. The van der Waals surface area contributed by atoms with Crippen molar-refractivity contribution in [3.63, 3.8) is 0 Å². The number of hydrogen-bond donors (Lipinski definition) is 1. The summed E-state index contributed by atoms with van der Waals surface area (Å²) in [5.74, 6) is 0.176. The Morgan fingerprint density at radius 3 is 2.43 bits per heavy atom. The highest BCUT2D eigenvalue weighted by atomic mass is 79.9. The number of aryl methyl sites for hydroxylation is 1. The number of nitrogens with zero attached hydrogens (tertiary/aromatic N) is 2. The molecule has 186 valence electrons. The third kappa shape index (κ3) is 3.51. The van der Waals surface area contributed by atoms with E-state index in [1.807, 2.05) is 13.8 Å². The number of piperidine rings is 1. The third-order valence-corrected chi connectivity index (χ3v) is 10.0. The van der Waals surface area contributed by atoms with Gasteiger partial charge in [-0.2, -0.15) is 4.31 Å². The van der Waals surface area contributed by atoms with E-state index in [0.717, 1.165) is 27.4 Å². The van der Waals surface area contributed by atoms with Crippen LogP contribution in [0, 0.1) is 13.8 Å². The molecule has 0 unspecified atom stereocenters. The van der Waals surface area contributed by atoms with Crippen LogP contribution in [0.5, 0.6) is 11.5 Å². The first-order valence-corrected chi connectivity index (χ1v) is 13.3. The van der Waals surface area contributed by atoms with Crippen molar-refractivity contribution < 1.29 is 32.5 Å². The molecule has 0 aromatic heterocycles. The maximum Gasteiger partial charge on any atom is 0.349 e. The van der Waals surface area contributed by atoms with Gasteiger partial charge in [-0.25, -0.2) is 13.2 Å². The van der Waals surface area contributed by atoms with Crippen LogP contribution in [0.25, 0.3) is 0 Å². The number of benzene rings is 2. The SMILES string of the molecule is COc1c(C)c(Br)c2c(c1OC)[C@@H]1[C@H]3N=CC(=O)O[C@H]3[C@H](O)[C@H](C2)N1S(=O)(=O)c1ccc(C)cc1. The topological polar surface area (TPSA) is 115 Å². The number of rotatable bonds is 4. The lowest BCUT2D eigenvalue weighted by Crippen LogP contribution is -2.67. The summed E-state index contributed by atoms with van der Waals surface area (Å²) < 4.78 is 47.1. The van der Waals surface area contributed by atoms with Crippen LogP contribution in [0.1, 0.15) is 28.3 Å². The minimum absolute atomic E-state index is 0.0982. The number of aliphatic hydroxyl groups excluding tert-OH is 1. The molecule has 35 heavy (non-hydrogen) atoms. The summed E-state index contributed by atoms with van der Waals surface area (Å²) in [6, 6.07) is 3.86. The standard InChI is InChI=1S/C24H25BrN2O7S/c1-11-5-7-13(8-6-11)35(30,31)27-15-9-14-17(23(33-4)22(32-3)12(2)18(14)25)20(27)19-24(21(15)29)34-16(28)10-26-19/h5-8,10,15,19-21,24,29H,9H2,1-4H3/t15-,19+,20+,21+,24+/m0/s1. The van der Waals surface area contributed by atoms with Crippen LogP contribution in [0.2, 0.25) is 0 Å². The van der Waals surface area contributed by atoms with Gasteiger partial charge in [-0.3, -0.25) is 4.99 Å². The first kappa shape index (κ1) is 24.2. The van der Waals surface area contributed by atoms with E-state index >= 15 is 0 Å². The second kappa shape index (κ2) is 8.58. The molecule has 0 amide bonds. The van der Waals surface area contributed by atoms with Gasteiger partial charge in [0.1, 0.15) is 18.4 Å². The van der Waals surface area contributed by atoms with Gasteiger partial charge in [0.2, 0.25) is 10.0 Å². The van der Waals surface area contributed by atoms with Crippen molar-refractivity contribution in [2.75, 3.05) is 14.2 Å². The molecule has 5 atom stereocenters. The molecule has 0 saturated carbocycles. The van der Waals surface area contributed by atoms with E-state index in [2.05, 4.69) is 20.9 Å². The molecule has 1 saturated heterocycles. The molecule has 9 nitrogen and oxygen atoms in total. The number of halogens is 1. The highest BCUT2D eigenvalue weighted by Gasteiger charge is 2.60. The van der Waals surface area contributed by atoms with E-state index in [1.54, 1.807) is 24.3 Å². The molecule has 11 heteroatoms. The van der Waals surface area contributed by atoms with Crippen molar-refractivity contribution in [1.82, 2.24) is 4.31 Å². The molecule has 1 N–H and O–H groups in total. The number of carbonyl (C=O) groups excluding carboxylic acids is 1. The zero-order valence-electron chi connectivity index (χ0n) is 19.6. The van der Waals surface area contributed by atoms with Gasteiger partial charge >= 0.3 is 5.97 Å². The van der Waals surface area contributed by atoms with Crippen LogP contribution in [-0.4, -0.2) is 68.5 Å². The number of carbonyl (C=O) groups is 1. The first-order chi connectivity index (χ1) is 16.6. The van der Waals surface area contributed by atoms with Gasteiger partial charge in [0, 0.05) is 15.6 Å². The summed E-state index contributed by atoms with van der Waals surface area (Å²) in [6.45, 7) is 3.75. The summed E-state index contributed by atoms with van der Waals surface area (Å²) in [6.07, 6.45) is -1.08. The van der Waals surface area contributed by atoms with Gasteiger partial charge in [0.25, 0.3) is 0 Å². The van der Waals surface area contributed by atoms with Crippen LogP contribution < -0.4 is 9.47 Å². The molecule has 3 heterocycles. The fourth-order valence-electron chi connectivity index (χ4n) is 5.44. The number of aliphatic imine (C=N–C) groups is 1. The molecular formula is C24H25BrN2O7S. The Kier molecular flexibility index (Phi) is 5.94. The van der Waals surface area contributed by atoms with Gasteiger partial charge in [0.15, 0.2) is 17.6 Å². The smallest absolute Gasteiger partial charge is 0.349 e. The Bertz CT molecular complexity index is 1340. The molecule has 3 aliphatic heterocycles. The van der Waals surface area contributed by atoms with Crippen molar-refractivity contribution in [3.8, 4) is 11.5 Å². The van der Waals surface area contributed by atoms with E-state index in [1.165, 1.54) is 18.5 Å². The summed E-state index contributed by atoms with van der Waals surface area (Å²) in [7, 11) is -1.08. The summed E-state index contributed by atoms with van der Waals surface area (Å²) in [4.78, 5) is 16.5. The molecule has 5 rings (SSSR count). The quantitative estimate of drug-likeness (QED) is 0.567. The summed E-state index contributed by atoms with van der Waals surface area (Å²) >= 11 is 3.66. The van der Waals surface area contributed by atoms with E-state index in [-0.39, 0.29) is 11.3 Å². The van der Waals surface area contributed by atoms with Crippen molar-refractivity contribution in [2.45, 2.75) is 55.5 Å². The molecule has 2 aromatic rings. The Morgan fingerprint density at radius 1 is 1.14 bits per heavy atom. The van der Waals surface area contributed by atoms with Gasteiger partial charge in [-0.15, -0.1) is 0 Å². The van der Waals surface area contributed by atoms with Crippen molar-refractivity contribution in [2.24, 2.45) is 4.99 Å². The summed E-state index contributed by atoms with van der Waals surface area (Å²) in [5, 5.41) is 11.3. The Morgan fingerprint density at radius 2 is 1.80 bits per heavy atom. The lowest BCUT2D eigenvalue weighted by Gasteiger charge is -2.53. The third-order valence-electron chi connectivity index (χ3n) is 7.02. The monoisotopic (exact) mass is 564 g/mol.